The van der Waals surface area contributed by atoms with Gasteiger partial charge in [0, 0.05) is 36.6 Å². The standard InChI is InChI=1S/C17H34N4O3Si/c1-16(2,3)14-13(9-19-20-18)12(10-21(14)15(22)23)11-24-25(7,8)17(4,5)6/h12-14H,9-11H2,1-8H3,(H,22,23). The highest BCUT2D eigenvalue weighted by atomic mass is 28.4. The van der Waals surface area contributed by atoms with E-state index >= 15 is 0 Å². The van der Waals surface area contributed by atoms with E-state index in [-0.39, 0.29) is 28.3 Å². The largest absolute Gasteiger partial charge is 0.465 e. The molecule has 1 saturated heterocycles. The molecular formula is C17H34N4O3Si. The van der Waals surface area contributed by atoms with Crippen LogP contribution in [0.2, 0.25) is 18.1 Å². The number of rotatable bonds is 5. The van der Waals surface area contributed by atoms with Crippen molar-refractivity contribution in [3.8, 4) is 0 Å². The van der Waals surface area contributed by atoms with Crippen LogP contribution >= 0.6 is 0 Å². The third-order valence-corrected chi connectivity index (χ3v) is 10.2. The van der Waals surface area contributed by atoms with E-state index in [4.69, 9.17) is 9.96 Å². The van der Waals surface area contributed by atoms with Crippen LogP contribution in [0.15, 0.2) is 5.11 Å². The molecule has 0 aliphatic carbocycles. The van der Waals surface area contributed by atoms with E-state index in [2.05, 4.69) is 43.9 Å². The summed E-state index contributed by atoms with van der Waals surface area (Å²) in [7, 11) is -1.92. The lowest BCUT2D eigenvalue weighted by Crippen LogP contribution is -2.46. The molecule has 144 valence electrons. The highest BCUT2D eigenvalue weighted by Crippen LogP contribution is 2.42. The van der Waals surface area contributed by atoms with Gasteiger partial charge in [0.25, 0.3) is 0 Å². The first kappa shape index (κ1) is 21.8. The van der Waals surface area contributed by atoms with Crippen molar-refractivity contribution in [3.63, 3.8) is 0 Å². The van der Waals surface area contributed by atoms with Crippen molar-refractivity contribution in [1.82, 2.24) is 4.90 Å². The van der Waals surface area contributed by atoms with E-state index < -0.39 is 14.4 Å². The van der Waals surface area contributed by atoms with Gasteiger partial charge in [0.05, 0.1) is 0 Å². The monoisotopic (exact) mass is 370 g/mol. The van der Waals surface area contributed by atoms with Crippen LogP contribution in [0.25, 0.3) is 10.4 Å². The van der Waals surface area contributed by atoms with Gasteiger partial charge in [-0.05, 0) is 35.0 Å². The topological polar surface area (TPSA) is 98.5 Å². The minimum Gasteiger partial charge on any atom is -0.465 e. The summed E-state index contributed by atoms with van der Waals surface area (Å²) in [5.41, 5.74) is 8.51. The van der Waals surface area contributed by atoms with Crippen LogP contribution in [0.3, 0.4) is 0 Å². The average Bonchev–Trinajstić information content (AvgIpc) is 2.80. The SMILES string of the molecule is CC(C)(C)C1C(CN=[N+]=[N-])C(CO[Si](C)(C)C(C)(C)C)CN1C(=O)O. The number of nitrogens with zero attached hydrogens (tertiary/aromatic N) is 4. The first-order valence-electron chi connectivity index (χ1n) is 8.86. The van der Waals surface area contributed by atoms with Crippen molar-refractivity contribution in [1.29, 1.82) is 0 Å². The Morgan fingerprint density at radius 1 is 1.32 bits per heavy atom. The lowest BCUT2D eigenvalue weighted by atomic mass is 9.77. The third-order valence-electron chi connectivity index (χ3n) is 5.73. The molecule has 7 nitrogen and oxygen atoms in total. The highest BCUT2D eigenvalue weighted by molar-refractivity contribution is 6.74. The zero-order chi connectivity index (χ0) is 19.6. The van der Waals surface area contributed by atoms with Crippen LogP contribution < -0.4 is 0 Å². The van der Waals surface area contributed by atoms with Gasteiger partial charge in [-0.2, -0.15) is 0 Å². The lowest BCUT2D eigenvalue weighted by molar-refractivity contribution is 0.0913. The van der Waals surface area contributed by atoms with Crippen molar-refractivity contribution in [2.45, 2.75) is 65.7 Å². The Bertz CT molecular complexity index is 533. The van der Waals surface area contributed by atoms with Crippen LogP contribution in [-0.2, 0) is 4.43 Å². The van der Waals surface area contributed by atoms with Crippen LogP contribution in [0.1, 0.15) is 41.5 Å². The summed E-state index contributed by atoms with van der Waals surface area (Å²) in [6.07, 6.45) is -0.916. The van der Waals surface area contributed by atoms with Crippen molar-refractivity contribution in [2.24, 2.45) is 22.4 Å². The average molecular weight is 371 g/mol. The van der Waals surface area contributed by atoms with Crippen LogP contribution in [0.5, 0.6) is 0 Å². The van der Waals surface area contributed by atoms with Gasteiger partial charge in [-0.3, -0.25) is 0 Å². The normalized spacial score (nSPS) is 25.0. The predicted molar refractivity (Wildman–Crippen MR) is 102 cm³/mol. The van der Waals surface area contributed by atoms with Crippen LogP contribution in [0, 0.1) is 17.3 Å². The van der Waals surface area contributed by atoms with Crippen molar-refractivity contribution in [3.05, 3.63) is 10.4 Å². The van der Waals surface area contributed by atoms with E-state index in [0.29, 0.717) is 19.7 Å². The number of hydrogen-bond donors (Lipinski definition) is 1. The number of amides is 1. The van der Waals surface area contributed by atoms with Crippen molar-refractivity contribution >= 4 is 14.4 Å². The maximum absolute atomic E-state index is 11.8. The molecule has 0 bridgehead atoms. The van der Waals surface area contributed by atoms with Gasteiger partial charge in [-0.1, -0.05) is 46.7 Å². The molecule has 1 aliphatic rings. The van der Waals surface area contributed by atoms with Gasteiger partial charge in [-0.25, -0.2) is 4.79 Å². The van der Waals surface area contributed by atoms with E-state index in [9.17, 15) is 9.90 Å². The molecule has 1 heterocycles. The van der Waals surface area contributed by atoms with Gasteiger partial charge in [0.1, 0.15) is 0 Å². The number of hydrogen-bond acceptors (Lipinski definition) is 3. The zero-order valence-corrected chi connectivity index (χ0v) is 17.9. The highest BCUT2D eigenvalue weighted by Gasteiger charge is 2.49. The second-order valence-corrected chi connectivity index (χ2v) is 14.5. The molecule has 0 aromatic carbocycles. The first-order valence-corrected chi connectivity index (χ1v) is 11.8. The predicted octanol–water partition coefficient (Wildman–Crippen LogP) is 4.96. The molecule has 8 heteroatoms. The van der Waals surface area contributed by atoms with E-state index in [1.165, 1.54) is 4.90 Å². The van der Waals surface area contributed by atoms with Crippen LogP contribution in [0.4, 0.5) is 4.79 Å². The van der Waals surface area contributed by atoms with E-state index in [1.807, 2.05) is 20.8 Å². The van der Waals surface area contributed by atoms with E-state index in [0.717, 1.165) is 0 Å². The minimum absolute atomic E-state index is 0.0308. The molecule has 25 heavy (non-hydrogen) atoms. The molecule has 0 aromatic heterocycles. The number of likely N-dealkylation sites (tertiary alicyclic amines) is 1. The molecule has 0 radical (unpaired) electrons. The third kappa shape index (κ3) is 5.12. The molecular weight excluding hydrogens is 336 g/mol. The van der Waals surface area contributed by atoms with Crippen LogP contribution in [-0.4, -0.2) is 50.2 Å². The van der Waals surface area contributed by atoms with Crippen molar-refractivity contribution in [2.75, 3.05) is 19.7 Å². The molecule has 1 aliphatic heterocycles. The summed E-state index contributed by atoms with van der Waals surface area (Å²) < 4.78 is 6.36. The Morgan fingerprint density at radius 2 is 1.88 bits per heavy atom. The summed E-state index contributed by atoms with van der Waals surface area (Å²) in [5.74, 6) is 0.0109. The second-order valence-electron chi connectivity index (χ2n) is 9.65. The molecule has 0 aromatic rings. The van der Waals surface area contributed by atoms with Gasteiger partial charge < -0.3 is 14.4 Å². The molecule has 0 saturated carbocycles. The Hall–Kier alpha value is -1.24. The van der Waals surface area contributed by atoms with Gasteiger partial charge in [-0.15, -0.1) is 0 Å². The molecule has 3 unspecified atom stereocenters. The number of azide groups is 1. The molecule has 1 fully saturated rings. The smallest absolute Gasteiger partial charge is 0.407 e. The summed E-state index contributed by atoms with van der Waals surface area (Å²) in [5, 5.41) is 13.5. The zero-order valence-electron chi connectivity index (χ0n) is 16.9. The van der Waals surface area contributed by atoms with Gasteiger partial charge >= 0.3 is 6.09 Å². The fraction of sp³-hybridized carbons (Fsp3) is 0.941. The maximum atomic E-state index is 11.8. The van der Waals surface area contributed by atoms with Gasteiger partial charge in [0.15, 0.2) is 8.32 Å². The molecule has 0 spiro atoms. The quantitative estimate of drug-likeness (QED) is 0.320. The first-order chi connectivity index (χ1) is 11.2. The Morgan fingerprint density at radius 3 is 2.28 bits per heavy atom. The lowest BCUT2D eigenvalue weighted by Gasteiger charge is -2.38. The molecule has 3 atom stereocenters. The summed E-state index contributed by atoms with van der Waals surface area (Å²) in [4.78, 5) is 16.2. The number of carbonyl (C=O) groups is 1. The summed E-state index contributed by atoms with van der Waals surface area (Å²) >= 11 is 0. The summed E-state index contributed by atoms with van der Waals surface area (Å²) in [6, 6.07) is -0.191. The Kier molecular flexibility index (Phi) is 6.59. The molecule has 1 amide bonds. The minimum atomic E-state index is -1.92. The van der Waals surface area contributed by atoms with Crippen molar-refractivity contribution < 1.29 is 14.3 Å². The summed E-state index contributed by atoms with van der Waals surface area (Å²) in [6.45, 7) is 18.3. The fourth-order valence-corrected chi connectivity index (χ4v) is 4.45. The Labute approximate surface area is 152 Å². The molecule has 1 rings (SSSR count). The Balaban J connectivity index is 3.07. The van der Waals surface area contributed by atoms with Gasteiger partial charge in [0.2, 0.25) is 0 Å². The second kappa shape index (κ2) is 7.56. The fourth-order valence-electron chi connectivity index (χ4n) is 3.39. The maximum Gasteiger partial charge on any atom is 0.407 e. The van der Waals surface area contributed by atoms with E-state index in [1.54, 1.807) is 0 Å². The number of carboxylic acid groups (broad SMARTS) is 1. The molecule has 1 N–H and O–H groups in total.